The van der Waals surface area contributed by atoms with Crippen molar-refractivity contribution >= 4 is 21.6 Å². The molecule has 0 amide bonds. The Balaban J connectivity index is 1.67. The first-order valence-corrected chi connectivity index (χ1v) is 14.7. The minimum Gasteiger partial charge on any atom is -0.437 e. The molecule has 1 N–H and O–H groups in total. The highest BCUT2D eigenvalue weighted by Crippen LogP contribution is 2.46. The summed E-state index contributed by atoms with van der Waals surface area (Å²) in [6.07, 6.45) is 5.51. The van der Waals surface area contributed by atoms with E-state index in [-0.39, 0.29) is 0 Å². The molecule has 0 saturated carbocycles. The molecule has 0 aliphatic carbocycles. The molecule has 0 bridgehead atoms. The van der Waals surface area contributed by atoms with Crippen molar-refractivity contribution in [1.82, 2.24) is 9.97 Å². The molecule has 9 heteroatoms. The monoisotopic (exact) mass is 544 g/mol. The first kappa shape index (κ1) is 28.9. The highest BCUT2D eigenvalue weighted by Gasteiger charge is 2.58. The van der Waals surface area contributed by atoms with Gasteiger partial charge in [-0.3, -0.25) is 0 Å². The third-order valence-electron chi connectivity index (χ3n) is 6.57. The number of hydrogen-bond acceptors (Lipinski definition) is 9. The van der Waals surface area contributed by atoms with Gasteiger partial charge < -0.3 is 28.8 Å². The summed E-state index contributed by atoms with van der Waals surface area (Å²) in [4.78, 5) is 8.89. The fourth-order valence-corrected chi connectivity index (χ4v) is 5.44. The highest BCUT2D eigenvalue weighted by molar-refractivity contribution is 7.17. The Morgan fingerprint density at radius 1 is 0.947 bits per heavy atom. The molecule has 1 aromatic carbocycles. The van der Waals surface area contributed by atoms with E-state index in [1.165, 1.54) is 17.7 Å². The molecule has 8 nitrogen and oxygen atoms in total. The molecule has 1 unspecified atom stereocenters. The summed E-state index contributed by atoms with van der Waals surface area (Å²) in [5.41, 5.74) is 1.10. The Morgan fingerprint density at radius 2 is 1.66 bits per heavy atom. The Labute approximate surface area is 229 Å². The summed E-state index contributed by atoms with van der Waals surface area (Å²) in [6.45, 7) is 8.35. The van der Waals surface area contributed by atoms with Crippen LogP contribution in [0, 0.1) is 0 Å². The van der Waals surface area contributed by atoms with Crippen molar-refractivity contribution in [3.63, 3.8) is 0 Å². The van der Waals surface area contributed by atoms with E-state index in [0.29, 0.717) is 49.1 Å². The Morgan fingerprint density at radius 3 is 2.39 bits per heavy atom. The molecular formula is C29H40N2O6S. The minimum absolute atomic E-state index is 0.312. The number of ether oxygens (including phenoxy) is 5. The van der Waals surface area contributed by atoms with Crippen LogP contribution in [0.5, 0.6) is 11.6 Å². The first-order chi connectivity index (χ1) is 18.6. The number of para-hydroxylation sites is 1. The first-order valence-electron chi connectivity index (χ1n) is 13.8. The van der Waals surface area contributed by atoms with Crippen LogP contribution in [0.4, 0.5) is 0 Å². The lowest BCUT2D eigenvalue weighted by molar-refractivity contribution is -0.249. The maximum absolute atomic E-state index is 12.2. The molecule has 1 fully saturated rings. The summed E-state index contributed by atoms with van der Waals surface area (Å²) in [6, 6.07) is 9.48. The van der Waals surface area contributed by atoms with E-state index in [9.17, 15) is 5.11 Å². The Hall–Kier alpha value is -2.14. The number of aromatic nitrogens is 2. The summed E-state index contributed by atoms with van der Waals surface area (Å²) in [7, 11) is 0. The van der Waals surface area contributed by atoms with E-state index in [2.05, 4.69) is 30.7 Å². The van der Waals surface area contributed by atoms with Crippen LogP contribution in [0.3, 0.4) is 0 Å². The van der Waals surface area contributed by atoms with Crippen molar-refractivity contribution in [2.24, 2.45) is 0 Å². The molecule has 0 spiro atoms. The van der Waals surface area contributed by atoms with E-state index in [1.54, 1.807) is 0 Å². The molecule has 38 heavy (non-hydrogen) atoms. The molecular weight excluding hydrogens is 504 g/mol. The fraction of sp³-hybridized carbons (Fsp3) is 0.586. The largest absolute Gasteiger partial charge is 0.437 e. The second kappa shape index (κ2) is 14.3. The fourth-order valence-electron chi connectivity index (χ4n) is 4.45. The average Bonchev–Trinajstić information content (AvgIpc) is 3.48. The molecule has 4 rings (SSSR count). The van der Waals surface area contributed by atoms with Crippen molar-refractivity contribution < 1.29 is 28.8 Å². The third kappa shape index (κ3) is 6.70. The third-order valence-corrected chi connectivity index (χ3v) is 7.53. The number of unbranched alkanes of at least 4 members (excludes halogenated alkanes) is 3. The number of thiophene rings is 1. The van der Waals surface area contributed by atoms with Crippen LogP contribution in [0.15, 0.2) is 42.0 Å². The van der Waals surface area contributed by atoms with Gasteiger partial charge in [-0.1, -0.05) is 58.2 Å². The van der Waals surface area contributed by atoms with Crippen molar-refractivity contribution in [2.75, 3.05) is 26.4 Å². The SMILES string of the molecule is CCCCOC[C@H]1OC(O)(c2csc3c(Oc4ccccc4)ncnc23)[C@H](OCCCC)[C@@H]1OCCCC. The van der Waals surface area contributed by atoms with Gasteiger partial charge in [0, 0.05) is 25.2 Å². The maximum Gasteiger partial charge on any atom is 0.240 e. The highest BCUT2D eigenvalue weighted by atomic mass is 32.1. The van der Waals surface area contributed by atoms with Gasteiger partial charge in [-0.05, 0) is 31.4 Å². The van der Waals surface area contributed by atoms with E-state index in [1.807, 2.05) is 35.7 Å². The van der Waals surface area contributed by atoms with Crippen LogP contribution in [0.1, 0.15) is 64.9 Å². The summed E-state index contributed by atoms with van der Waals surface area (Å²) in [5.74, 6) is -0.662. The van der Waals surface area contributed by atoms with Crippen LogP contribution < -0.4 is 4.74 Å². The number of nitrogens with zero attached hydrogens (tertiary/aromatic N) is 2. The molecule has 1 saturated heterocycles. The number of benzene rings is 1. The molecule has 1 aliphatic heterocycles. The van der Waals surface area contributed by atoms with E-state index in [4.69, 9.17) is 23.7 Å². The van der Waals surface area contributed by atoms with E-state index in [0.717, 1.165) is 43.2 Å². The zero-order valence-corrected chi connectivity index (χ0v) is 23.5. The standard InChI is InChI=1S/C29H40N2O6S/c1-4-7-15-33-18-23-25(34-16-8-5-2)27(35-17-9-6-3)29(32,37-23)22-19-38-26-24(22)30-20-31-28(26)36-21-13-11-10-12-14-21/h10-14,19-20,23,25,27,32H,4-9,15-18H2,1-3H3/t23-,25-,27-,29?/m1/s1. The molecule has 2 aromatic heterocycles. The topological polar surface area (TPSA) is 92.2 Å². The van der Waals surface area contributed by atoms with Crippen molar-refractivity contribution in [3.8, 4) is 11.6 Å². The predicted octanol–water partition coefficient (Wildman–Crippen LogP) is 6.21. The number of fused-ring (bicyclic) bond motifs is 1. The van der Waals surface area contributed by atoms with Crippen LogP contribution in [0.2, 0.25) is 0 Å². The Kier molecular flexibility index (Phi) is 10.9. The van der Waals surface area contributed by atoms with Crippen molar-refractivity contribution in [1.29, 1.82) is 0 Å². The average molecular weight is 545 g/mol. The number of rotatable bonds is 16. The smallest absolute Gasteiger partial charge is 0.240 e. The quantitative estimate of drug-likeness (QED) is 0.213. The van der Waals surface area contributed by atoms with E-state index >= 15 is 0 Å². The second-order valence-corrected chi connectivity index (χ2v) is 10.4. The van der Waals surface area contributed by atoms with Gasteiger partial charge in [0.1, 0.15) is 35.1 Å². The normalized spacial score (nSPS) is 23.3. The Bertz CT molecular complexity index is 1110. The van der Waals surface area contributed by atoms with E-state index < -0.39 is 24.1 Å². The molecule has 208 valence electrons. The zero-order chi connectivity index (χ0) is 26.8. The van der Waals surface area contributed by atoms with Gasteiger partial charge in [0.2, 0.25) is 11.7 Å². The lowest BCUT2D eigenvalue weighted by Crippen LogP contribution is -2.44. The van der Waals surface area contributed by atoms with Crippen LogP contribution in [-0.2, 0) is 24.7 Å². The van der Waals surface area contributed by atoms with Gasteiger partial charge in [0.25, 0.3) is 0 Å². The van der Waals surface area contributed by atoms with Gasteiger partial charge in [0.05, 0.1) is 17.7 Å². The lowest BCUT2D eigenvalue weighted by Gasteiger charge is -2.30. The maximum atomic E-state index is 12.2. The molecule has 3 heterocycles. The molecule has 1 aliphatic rings. The van der Waals surface area contributed by atoms with Crippen LogP contribution in [-0.4, -0.2) is 59.8 Å². The van der Waals surface area contributed by atoms with Gasteiger partial charge in [-0.15, -0.1) is 11.3 Å². The van der Waals surface area contributed by atoms with Crippen molar-refractivity contribution in [3.05, 3.63) is 47.6 Å². The summed E-state index contributed by atoms with van der Waals surface area (Å²) >= 11 is 1.41. The number of aliphatic hydroxyl groups is 1. The molecule has 3 aromatic rings. The van der Waals surface area contributed by atoms with Crippen molar-refractivity contribution in [2.45, 2.75) is 83.4 Å². The lowest BCUT2D eigenvalue weighted by atomic mass is 9.98. The summed E-state index contributed by atoms with van der Waals surface area (Å²) in [5, 5.41) is 14.1. The van der Waals surface area contributed by atoms with Crippen LogP contribution >= 0.6 is 11.3 Å². The van der Waals surface area contributed by atoms with Gasteiger partial charge in [0.15, 0.2) is 0 Å². The summed E-state index contributed by atoms with van der Waals surface area (Å²) < 4.78 is 31.8. The van der Waals surface area contributed by atoms with Crippen LogP contribution in [0.25, 0.3) is 10.2 Å². The minimum atomic E-state index is -1.76. The zero-order valence-electron chi connectivity index (χ0n) is 22.6. The van der Waals surface area contributed by atoms with Gasteiger partial charge in [-0.2, -0.15) is 0 Å². The molecule has 4 atom stereocenters. The van der Waals surface area contributed by atoms with Gasteiger partial charge >= 0.3 is 0 Å². The van der Waals surface area contributed by atoms with Gasteiger partial charge in [-0.25, -0.2) is 9.97 Å². The second-order valence-electron chi connectivity index (χ2n) is 9.54. The molecule has 0 radical (unpaired) electrons. The predicted molar refractivity (Wildman–Crippen MR) is 148 cm³/mol. The number of hydrogen-bond donors (Lipinski definition) is 1.